The number of benzene rings is 2. The van der Waals surface area contributed by atoms with Gasteiger partial charge in [0.05, 0.1) is 13.2 Å². The highest BCUT2D eigenvalue weighted by Gasteiger charge is 2.15. The number of rotatable bonds is 8. The van der Waals surface area contributed by atoms with Crippen molar-refractivity contribution in [1.82, 2.24) is 4.90 Å². The van der Waals surface area contributed by atoms with Gasteiger partial charge in [0.1, 0.15) is 5.75 Å². The van der Waals surface area contributed by atoms with Gasteiger partial charge in [0.25, 0.3) is 5.91 Å². The van der Waals surface area contributed by atoms with Crippen molar-refractivity contribution in [3.8, 4) is 5.75 Å². The van der Waals surface area contributed by atoms with Gasteiger partial charge in [-0.25, -0.2) is 0 Å². The third-order valence-corrected chi connectivity index (χ3v) is 3.94. The second-order valence-corrected chi connectivity index (χ2v) is 6.38. The number of anilines is 1. The maximum absolute atomic E-state index is 12.4. The Morgan fingerprint density at radius 1 is 1.15 bits per heavy atom. The van der Waals surface area contributed by atoms with Gasteiger partial charge in [-0.3, -0.25) is 9.59 Å². The molecule has 0 radical (unpaired) electrons. The highest BCUT2D eigenvalue weighted by atomic mass is 35.5. The van der Waals surface area contributed by atoms with Gasteiger partial charge in [-0.1, -0.05) is 31.0 Å². The van der Waals surface area contributed by atoms with Crippen molar-refractivity contribution in [2.45, 2.75) is 19.8 Å². The first-order chi connectivity index (χ1) is 12.5. The van der Waals surface area contributed by atoms with E-state index in [-0.39, 0.29) is 18.4 Å². The molecule has 0 aliphatic carbocycles. The summed E-state index contributed by atoms with van der Waals surface area (Å²) in [7, 11) is 1.59. The summed E-state index contributed by atoms with van der Waals surface area (Å²) in [5.41, 5.74) is 1.10. The van der Waals surface area contributed by atoms with Crippen molar-refractivity contribution in [1.29, 1.82) is 0 Å². The minimum atomic E-state index is -0.289. The van der Waals surface area contributed by atoms with Crippen LogP contribution in [0.15, 0.2) is 48.5 Å². The molecular formula is C20H23ClN2O3. The first-order valence-electron chi connectivity index (χ1n) is 8.53. The Morgan fingerprint density at radius 3 is 2.54 bits per heavy atom. The fraction of sp³-hybridized carbons (Fsp3) is 0.300. The van der Waals surface area contributed by atoms with Crippen molar-refractivity contribution >= 4 is 29.1 Å². The van der Waals surface area contributed by atoms with E-state index in [2.05, 4.69) is 12.2 Å². The normalized spacial score (nSPS) is 10.3. The molecule has 2 aromatic carbocycles. The summed E-state index contributed by atoms with van der Waals surface area (Å²) in [5, 5.41) is 3.26. The van der Waals surface area contributed by atoms with Crippen LogP contribution in [0, 0.1) is 0 Å². The minimum absolute atomic E-state index is 0.0555. The number of likely N-dealkylation sites (N-methyl/N-ethyl adjacent to an activating group) is 1. The zero-order chi connectivity index (χ0) is 18.9. The molecule has 2 amide bonds. The number of unbranched alkanes of at least 4 members (excludes halogenated alkanes) is 1. The van der Waals surface area contributed by atoms with Crippen LogP contribution < -0.4 is 10.1 Å². The molecule has 5 nitrogen and oxygen atoms in total. The third kappa shape index (κ3) is 6.08. The third-order valence-electron chi connectivity index (χ3n) is 3.70. The number of nitrogens with zero attached hydrogens (tertiary/aromatic N) is 1. The molecule has 0 fully saturated rings. The van der Waals surface area contributed by atoms with Gasteiger partial charge >= 0.3 is 0 Å². The minimum Gasteiger partial charge on any atom is -0.494 e. The van der Waals surface area contributed by atoms with Crippen LogP contribution >= 0.6 is 11.6 Å². The number of carbonyl (C=O) groups excluding carboxylic acids is 2. The Bertz CT molecular complexity index is 747. The van der Waals surface area contributed by atoms with Crippen molar-refractivity contribution in [3.63, 3.8) is 0 Å². The standard InChI is InChI=1S/C20H23ClN2O3/c1-3-4-12-26-18-10-8-15(9-11-18)20(25)23(2)14-19(24)22-17-7-5-6-16(21)13-17/h5-11,13H,3-4,12,14H2,1-2H3,(H,22,24). The quantitative estimate of drug-likeness (QED) is 0.703. The smallest absolute Gasteiger partial charge is 0.254 e. The largest absolute Gasteiger partial charge is 0.494 e. The van der Waals surface area contributed by atoms with Crippen LogP contribution in [0.5, 0.6) is 5.75 Å². The summed E-state index contributed by atoms with van der Waals surface area (Å²) < 4.78 is 5.58. The zero-order valence-corrected chi connectivity index (χ0v) is 15.8. The molecule has 6 heteroatoms. The lowest BCUT2D eigenvalue weighted by molar-refractivity contribution is -0.116. The maximum atomic E-state index is 12.4. The average molecular weight is 375 g/mol. The molecule has 2 rings (SSSR count). The Balaban J connectivity index is 1.89. The second kappa shape index (κ2) is 9.82. The molecule has 1 N–H and O–H groups in total. The molecule has 26 heavy (non-hydrogen) atoms. The van der Waals surface area contributed by atoms with Crippen LogP contribution in [0.2, 0.25) is 5.02 Å². The van der Waals surface area contributed by atoms with E-state index in [1.165, 1.54) is 4.90 Å². The number of amides is 2. The topological polar surface area (TPSA) is 58.6 Å². The number of hydrogen-bond acceptors (Lipinski definition) is 3. The Hall–Kier alpha value is -2.53. The summed E-state index contributed by atoms with van der Waals surface area (Å²) in [6.45, 7) is 2.71. The van der Waals surface area contributed by atoms with E-state index in [9.17, 15) is 9.59 Å². The van der Waals surface area contributed by atoms with Gasteiger partial charge in [-0.05, 0) is 48.9 Å². The molecule has 0 aliphatic rings. The van der Waals surface area contributed by atoms with Crippen LogP contribution in [0.25, 0.3) is 0 Å². The van der Waals surface area contributed by atoms with E-state index in [0.717, 1.165) is 18.6 Å². The Kier molecular flexibility index (Phi) is 7.48. The molecule has 0 spiro atoms. The summed E-state index contributed by atoms with van der Waals surface area (Å²) in [4.78, 5) is 25.9. The van der Waals surface area contributed by atoms with Crippen molar-refractivity contribution in [2.24, 2.45) is 0 Å². The molecule has 0 saturated carbocycles. The maximum Gasteiger partial charge on any atom is 0.254 e. The zero-order valence-electron chi connectivity index (χ0n) is 15.0. The van der Waals surface area contributed by atoms with E-state index in [1.807, 2.05) is 0 Å². The fourth-order valence-corrected chi connectivity index (χ4v) is 2.49. The lowest BCUT2D eigenvalue weighted by Crippen LogP contribution is -2.34. The highest BCUT2D eigenvalue weighted by Crippen LogP contribution is 2.16. The molecule has 0 aromatic heterocycles. The first-order valence-corrected chi connectivity index (χ1v) is 8.91. The van der Waals surface area contributed by atoms with Gasteiger partial charge in [-0.15, -0.1) is 0 Å². The van der Waals surface area contributed by atoms with E-state index < -0.39 is 0 Å². The van der Waals surface area contributed by atoms with Gasteiger partial charge in [0.2, 0.25) is 5.91 Å². The fourth-order valence-electron chi connectivity index (χ4n) is 2.30. The number of ether oxygens (including phenoxy) is 1. The lowest BCUT2D eigenvalue weighted by atomic mass is 10.2. The van der Waals surface area contributed by atoms with Crippen molar-refractivity contribution < 1.29 is 14.3 Å². The number of hydrogen-bond donors (Lipinski definition) is 1. The first kappa shape index (κ1) is 19.8. The molecule has 0 unspecified atom stereocenters. The SMILES string of the molecule is CCCCOc1ccc(C(=O)N(C)CC(=O)Nc2cccc(Cl)c2)cc1. The molecule has 0 heterocycles. The van der Waals surface area contributed by atoms with E-state index >= 15 is 0 Å². The number of nitrogens with one attached hydrogen (secondary N) is 1. The average Bonchev–Trinajstić information content (AvgIpc) is 2.62. The monoisotopic (exact) mass is 374 g/mol. The van der Waals surface area contributed by atoms with Gasteiger partial charge in [-0.2, -0.15) is 0 Å². The van der Waals surface area contributed by atoms with Gasteiger partial charge < -0.3 is 15.0 Å². The molecular weight excluding hydrogens is 352 g/mol. The summed E-state index contributed by atoms with van der Waals surface area (Å²) in [5.74, 6) is 0.213. The molecule has 138 valence electrons. The predicted octanol–water partition coefficient (Wildman–Crippen LogP) is 4.23. The lowest BCUT2D eigenvalue weighted by Gasteiger charge is -2.17. The highest BCUT2D eigenvalue weighted by molar-refractivity contribution is 6.30. The molecule has 0 bridgehead atoms. The Morgan fingerprint density at radius 2 is 1.88 bits per heavy atom. The van der Waals surface area contributed by atoms with E-state index in [1.54, 1.807) is 55.6 Å². The van der Waals surface area contributed by atoms with Crippen LogP contribution in [-0.4, -0.2) is 36.9 Å². The number of halogens is 1. The second-order valence-electron chi connectivity index (χ2n) is 5.95. The van der Waals surface area contributed by atoms with Crippen molar-refractivity contribution in [3.05, 3.63) is 59.1 Å². The summed E-state index contributed by atoms with van der Waals surface area (Å²) in [6.07, 6.45) is 2.06. The summed E-state index contributed by atoms with van der Waals surface area (Å²) in [6, 6.07) is 13.8. The van der Waals surface area contributed by atoms with Crippen LogP contribution in [0.1, 0.15) is 30.1 Å². The van der Waals surface area contributed by atoms with Gasteiger partial charge in [0, 0.05) is 23.3 Å². The predicted molar refractivity (Wildman–Crippen MR) is 104 cm³/mol. The van der Waals surface area contributed by atoms with Crippen LogP contribution in [-0.2, 0) is 4.79 Å². The summed E-state index contributed by atoms with van der Waals surface area (Å²) >= 11 is 5.89. The molecule has 0 atom stereocenters. The molecule has 0 saturated heterocycles. The van der Waals surface area contributed by atoms with Crippen LogP contribution in [0.4, 0.5) is 5.69 Å². The molecule has 0 aliphatic heterocycles. The van der Waals surface area contributed by atoms with E-state index in [0.29, 0.717) is 22.9 Å². The van der Waals surface area contributed by atoms with Crippen LogP contribution in [0.3, 0.4) is 0 Å². The number of carbonyl (C=O) groups is 2. The van der Waals surface area contributed by atoms with E-state index in [4.69, 9.17) is 16.3 Å². The molecule has 2 aromatic rings. The Labute approximate surface area is 158 Å². The van der Waals surface area contributed by atoms with Crippen molar-refractivity contribution in [2.75, 3.05) is 25.5 Å². The van der Waals surface area contributed by atoms with Gasteiger partial charge in [0.15, 0.2) is 0 Å².